The van der Waals surface area contributed by atoms with E-state index >= 15 is 0 Å². The van der Waals surface area contributed by atoms with Crippen LogP contribution in [0.3, 0.4) is 0 Å². The largest absolute Gasteiger partial charge is 0.507 e. The number of phenols is 1. The Labute approximate surface area is 151 Å². The Balaban J connectivity index is 1.78. The summed E-state index contributed by atoms with van der Waals surface area (Å²) in [4.78, 5) is 9.40. The van der Waals surface area contributed by atoms with Gasteiger partial charge in [-0.25, -0.2) is 9.97 Å². The molecule has 0 aliphatic carbocycles. The Hall–Kier alpha value is -3.66. The van der Waals surface area contributed by atoms with Crippen molar-refractivity contribution in [1.29, 1.82) is 0 Å². The van der Waals surface area contributed by atoms with Gasteiger partial charge in [0.25, 0.3) is 0 Å². The molecule has 0 bridgehead atoms. The molecular weight excluding hydrogens is 322 g/mol. The average molecular weight is 339 g/mol. The molecule has 0 saturated carbocycles. The minimum atomic E-state index is 0.205. The standard InChI is InChI=1S/C22H17N3O/c23-17-9-3-1-7-15(17)18-10-5-12-20(24-18)21-13-6-11-19(25-21)16-8-2-4-14-22(16)26/h1-14,26H,23H2. The molecule has 0 saturated heterocycles. The number of aromatic hydroxyl groups is 1. The third kappa shape index (κ3) is 3.00. The summed E-state index contributed by atoms with van der Waals surface area (Å²) in [5.41, 5.74) is 11.3. The normalized spacial score (nSPS) is 10.6. The van der Waals surface area contributed by atoms with E-state index in [0.717, 1.165) is 22.6 Å². The van der Waals surface area contributed by atoms with Crippen molar-refractivity contribution in [3.8, 4) is 39.7 Å². The zero-order valence-corrected chi connectivity index (χ0v) is 14.0. The van der Waals surface area contributed by atoms with Gasteiger partial charge in [-0.15, -0.1) is 0 Å². The first-order valence-electron chi connectivity index (χ1n) is 8.30. The maximum Gasteiger partial charge on any atom is 0.124 e. The van der Waals surface area contributed by atoms with Gasteiger partial charge in [0.1, 0.15) is 5.75 Å². The summed E-state index contributed by atoms with van der Waals surface area (Å²) in [6.07, 6.45) is 0. The van der Waals surface area contributed by atoms with E-state index in [1.54, 1.807) is 12.1 Å². The molecule has 0 radical (unpaired) electrons. The molecule has 126 valence electrons. The lowest BCUT2D eigenvalue weighted by Crippen LogP contribution is -1.94. The predicted octanol–water partition coefficient (Wildman–Crippen LogP) is 4.77. The number of phenolic OH excluding ortho intramolecular Hbond substituents is 1. The number of para-hydroxylation sites is 2. The van der Waals surface area contributed by atoms with Crippen molar-refractivity contribution in [1.82, 2.24) is 9.97 Å². The summed E-state index contributed by atoms with van der Waals surface area (Å²) in [5.74, 6) is 0.205. The van der Waals surface area contributed by atoms with Crippen molar-refractivity contribution in [3.63, 3.8) is 0 Å². The van der Waals surface area contributed by atoms with Crippen molar-refractivity contribution in [2.45, 2.75) is 0 Å². The lowest BCUT2D eigenvalue weighted by molar-refractivity contribution is 0.477. The molecule has 4 nitrogen and oxygen atoms in total. The van der Waals surface area contributed by atoms with E-state index < -0.39 is 0 Å². The number of anilines is 1. The summed E-state index contributed by atoms with van der Waals surface area (Å²) >= 11 is 0. The van der Waals surface area contributed by atoms with E-state index in [1.165, 1.54) is 0 Å². The number of hydrogen-bond acceptors (Lipinski definition) is 4. The summed E-state index contributed by atoms with van der Waals surface area (Å²) in [7, 11) is 0. The van der Waals surface area contributed by atoms with Gasteiger partial charge in [-0.05, 0) is 42.5 Å². The summed E-state index contributed by atoms with van der Waals surface area (Å²) in [5, 5.41) is 10.1. The maximum absolute atomic E-state index is 10.1. The Morgan fingerprint density at radius 1 is 0.538 bits per heavy atom. The van der Waals surface area contributed by atoms with Crippen LogP contribution in [0.25, 0.3) is 33.9 Å². The molecule has 2 heterocycles. The predicted molar refractivity (Wildman–Crippen MR) is 104 cm³/mol. The second-order valence-electron chi connectivity index (χ2n) is 5.92. The number of rotatable bonds is 3. The number of benzene rings is 2. The minimum Gasteiger partial charge on any atom is -0.507 e. The van der Waals surface area contributed by atoms with E-state index in [0.29, 0.717) is 16.9 Å². The highest BCUT2D eigenvalue weighted by Gasteiger charge is 2.09. The van der Waals surface area contributed by atoms with Gasteiger partial charge < -0.3 is 10.8 Å². The lowest BCUT2D eigenvalue weighted by Gasteiger charge is -2.09. The van der Waals surface area contributed by atoms with Crippen LogP contribution in [0.4, 0.5) is 5.69 Å². The third-order valence-corrected chi connectivity index (χ3v) is 4.18. The fourth-order valence-electron chi connectivity index (χ4n) is 2.88. The summed E-state index contributed by atoms with van der Waals surface area (Å²) < 4.78 is 0. The number of nitrogen functional groups attached to an aromatic ring is 1. The van der Waals surface area contributed by atoms with Crippen LogP contribution in [-0.2, 0) is 0 Å². The molecule has 2 aromatic carbocycles. The first-order chi connectivity index (χ1) is 12.7. The van der Waals surface area contributed by atoms with Gasteiger partial charge in [-0.1, -0.05) is 42.5 Å². The van der Waals surface area contributed by atoms with Crippen LogP contribution in [0.5, 0.6) is 5.75 Å². The van der Waals surface area contributed by atoms with Crippen LogP contribution in [-0.4, -0.2) is 15.1 Å². The summed E-state index contributed by atoms with van der Waals surface area (Å²) in [6.45, 7) is 0. The average Bonchev–Trinajstić information content (AvgIpc) is 2.69. The van der Waals surface area contributed by atoms with Gasteiger partial charge >= 0.3 is 0 Å². The molecule has 4 rings (SSSR count). The third-order valence-electron chi connectivity index (χ3n) is 4.18. The van der Waals surface area contributed by atoms with Gasteiger partial charge in [0.2, 0.25) is 0 Å². The van der Waals surface area contributed by atoms with Crippen molar-refractivity contribution in [2.75, 3.05) is 5.73 Å². The maximum atomic E-state index is 10.1. The zero-order chi connectivity index (χ0) is 17.9. The highest BCUT2D eigenvalue weighted by Crippen LogP contribution is 2.30. The lowest BCUT2D eigenvalue weighted by atomic mass is 10.1. The van der Waals surface area contributed by atoms with Crippen LogP contribution < -0.4 is 5.73 Å². The van der Waals surface area contributed by atoms with E-state index in [9.17, 15) is 5.11 Å². The summed E-state index contributed by atoms with van der Waals surface area (Å²) in [6, 6.07) is 26.3. The number of hydrogen-bond donors (Lipinski definition) is 2. The van der Waals surface area contributed by atoms with Gasteiger partial charge in [0, 0.05) is 16.8 Å². The van der Waals surface area contributed by atoms with Crippen molar-refractivity contribution in [2.24, 2.45) is 0 Å². The molecule has 0 amide bonds. The smallest absolute Gasteiger partial charge is 0.124 e. The van der Waals surface area contributed by atoms with Crippen molar-refractivity contribution in [3.05, 3.63) is 84.9 Å². The molecule has 0 spiro atoms. The Bertz CT molecular complexity index is 989. The Kier molecular flexibility index (Phi) is 4.07. The Morgan fingerprint density at radius 3 is 1.65 bits per heavy atom. The van der Waals surface area contributed by atoms with Gasteiger partial charge in [0.15, 0.2) is 0 Å². The fourth-order valence-corrected chi connectivity index (χ4v) is 2.88. The Morgan fingerprint density at radius 2 is 1.04 bits per heavy atom. The number of aromatic nitrogens is 2. The topological polar surface area (TPSA) is 72.0 Å². The number of nitrogens with zero attached hydrogens (tertiary/aromatic N) is 2. The van der Waals surface area contributed by atoms with Crippen molar-refractivity contribution >= 4 is 5.69 Å². The quantitative estimate of drug-likeness (QED) is 0.528. The van der Waals surface area contributed by atoms with Gasteiger partial charge in [0.05, 0.1) is 22.8 Å². The molecule has 4 heteroatoms. The molecule has 0 aliphatic heterocycles. The fraction of sp³-hybridized carbons (Fsp3) is 0. The molecule has 26 heavy (non-hydrogen) atoms. The van der Waals surface area contributed by atoms with Crippen LogP contribution in [0.1, 0.15) is 0 Å². The highest BCUT2D eigenvalue weighted by atomic mass is 16.3. The first-order valence-corrected chi connectivity index (χ1v) is 8.30. The second-order valence-corrected chi connectivity index (χ2v) is 5.92. The van der Waals surface area contributed by atoms with E-state index in [2.05, 4.69) is 4.98 Å². The van der Waals surface area contributed by atoms with Gasteiger partial charge in [-0.2, -0.15) is 0 Å². The molecule has 4 aromatic rings. The molecule has 0 fully saturated rings. The van der Waals surface area contributed by atoms with Gasteiger partial charge in [-0.3, -0.25) is 0 Å². The van der Waals surface area contributed by atoms with Crippen LogP contribution in [0.2, 0.25) is 0 Å². The molecule has 0 unspecified atom stereocenters. The molecular formula is C22H17N3O. The molecule has 3 N–H and O–H groups in total. The molecule has 0 aliphatic rings. The number of pyridine rings is 2. The van der Waals surface area contributed by atoms with E-state index in [-0.39, 0.29) is 5.75 Å². The first kappa shape index (κ1) is 15.8. The zero-order valence-electron chi connectivity index (χ0n) is 14.0. The monoisotopic (exact) mass is 339 g/mol. The number of nitrogens with two attached hydrogens (primary N) is 1. The molecule has 0 atom stereocenters. The van der Waals surface area contributed by atoms with E-state index in [1.807, 2.05) is 72.8 Å². The van der Waals surface area contributed by atoms with Crippen LogP contribution in [0, 0.1) is 0 Å². The molecule has 2 aromatic heterocycles. The SMILES string of the molecule is Nc1ccccc1-c1cccc(-c2cccc(-c3ccccc3O)n2)n1. The van der Waals surface area contributed by atoms with Crippen LogP contribution >= 0.6 is 0 Å². The van der Waals surface area contributed by atoms with E-state index in [4.69, 9.17) is 10.7 Å². The second kappa shape index (κ2) is 6.69. The minimum absolute atomic E-state index is 0.205. The van der Waals surface area contributed by atoms with Crippen molar-refractivity contribution < 1.29 is 5.11 Å². The van der Waals surface area contributed by atoms with Crippen LogP contribution in [0.15, 0.2) is 84.9 Å². The highest BCUT2D eigenvalue weighted by molar-refractivity contribution is 5.75.